The van der Waals surface area contributed by atoms with Gasteiger partial charge in [-0.3, -0.25) is 19.2 Å². The number of carbonyl (C=O) groups excluding carboxylic acids is 4. The second kappa shape index (κ2) is 17.3. The van der Waals surface area contributed by atoms with Crippen molar-refractivity contribution in [3.63, 3.8) is 0 Å². The number of ketones is 1. The predicted molar refractivity (Wildman–Crippen MR) is 138 cm³/mol. The van der Waals surface area contributed by atoms with Crippen LogP contribution in [0.25, 0.3) is 0 Å². The number of nitrogens with one attached hydrogen (secondary N) is 2. The first-order valence-electron chi connectivity index (χ1n) is 13.9. The van der Waals surface area contributed by atoms with Gasteiger partial charge in [0.25, 0.3) is 0 Å². The highest BCUT2D eigenvalue weighted by Gasteiger charge is 2.47. The SMILES string of the molecule is CCCCCC(=O)NCC(=O)NCCCC[C@@H]1[C@H](CC=CCCCC(=O)COC(C)=O)[C@@H]2CC[C@H]1O2. The summed E-state index contributed by atoms with van der Waals surface area (Å²) in [5.41, 5.74) is 0. The molecular formula is C28H46N2O6. The third kappa shape index (κ3) is 11.7. The number of allylic oxidation sites excluding steroid dienone is 2. The summed E-state index contributed by atoms with van der Waals surface area (Å²) in [6.45, 7) is 3.97. The number of unbranched alkanes of at least 4 members (excludes halogenated alkanes) is 4. The van der Waals surface area contributed by atoms with Gasteiger partial charge in [-0.15, -0.1) is 0 Å². The van der Waals surface area contributed by atoms with E-state index >= 15 is 0 Å². The van der Waals surface area contributed by atoms with Gasteiger partial charge in [0.15, 0.2) is 5.78 Å². The molecular weight excluding hydrogens is 460 g/mol. The van der Waals surface area contributed by atoms with Gasteiger partial charge in [-0.25, -0.2) is 0 Å². The fourth-order valence-corrected chi connectivity index (χ4v) is 5.24. The summed E-state index contributed by atoms with van der Waals surface area (Å²) in [5.74, 6) is 0.471. The molecule has 0 saturated carbocycles. The summed E-state index contributed by atoms with van der Waals surface area (Å²) >= 11 is 0. The van der Waals surface area contributed by atoms with Crippen molar-refractivity contribution in [2.45, 2.75) is 110 Å². The molecule has 2 rings (SSSR count). The Hall–Kier alpha value is -2.22. The summed E-state index contributed by atoms with van der Waals surface area (Å²) in [4.78, 5) is 46.1. The van der Waals surface area contributed by atoms with Crippen LogP contribution in [0.3, 0.4) is 0 Å². The van der Waals surface area contributed by atoms with Crippen LogP contribution in [0.1, 0.15) is 97.3 Å². The monoisotopic (exact) mass is 506 g/mol. The highest BCUT2D eigenvalue weighted by atomic mass is 16.5. The van der Waals surface area contributed by atoms with Gasteiger partial charge in [0, 0.05) is 26.3 Å². The lowest BCUT2D eigenvalue weighted by Crippen LogP contribution is -2.37. The van der Waals surface area contributed by atoms with Crippen LogP contribution >= 0.6 is 0 Å². The number of Topliss-reactive ketones (excluding diaryl/α,β-unsaturated/α-hetero) is 1. The number of rotatable bonds is 19. The van der Waals surface area contributed by atoms with Gasteiger partial charge < -0.3 is 20.1 Å². The van der Waals surface area contributed by atoms with Crippen LogP contribution in [-0.2, 0) is 28.7 Å². The van der Waals surface area contributed by atoms with Crippen LogP contribution in [0, 0.1) is 11.8 Å². The Labute approximate surface area is 216 Å². The molecule has 8 heteroatoms. The number of amides is 2. The number of carbonyl (C=O) groups is 4. The standard InChI is InChI=1S/C28H46N2O6/c1-3-4-7-15-27(33)30-19-28(34)29-18-11-10-14-24-23(25-16-17-26(24)36-25)13-9-6-5-8-12-22(32)20-35-21(2)31/h6,9,23-26H,3-5,7-8,10-20H2,1-2H3,(H,29,34)(H,30,33)/t23-,24+,25-,26+/m0/s1. The van der Waals surface area contributed by atoms with Crippen molar-refractivity contribution < 1.29 is 28.7 Å². The lowest BCUT2D eigenvalue weighted by molar-refractivity contribution is -0.145. The largest absolute Gasteiger partial charge is 0.458 e. The minimum Gasteiger partial charge on any atom is -0.458 e. The maximum absolute atomic E-state index is 12.0. The highest BCUT2D eigenvalue weighted by Crippen LogP contribution is 2.47. The molecule has 2 aliphatic rings. The Balaban J connectivity index is 1.56. The van der Waals surface area contributed by atoms with E-state index in [0.29, 0.717) is 43.4 Å². The lowest BCUT2D eigenvalue weighted by Gasteiger charge is -2.27. The molecule has 4 atom stereocenters. The quantitative estimate of drug-likeness (QED) is 0.156. The molecule has 0 spiro atoms. The molecule has 2 amide bonds. The Morgan fingerprint density at radius 2 is 1.67 bits per heavy atom. The van der Waals surface area contributed by atoms with Gasteiger partial charge in [-0.05, 0) is 63.2 Å². The molecule has 2 N–H and O–H groups in total. The first-order chi connectivity index (χ1) is 17.4. The van der Waals surface area contributed by atoms with Crippen molar-refractivity contribution in [1.82, 2.24) is 10.6 Å². The van der Waals surface area contributed by atoms with E-state index in [4.69, 9.17) is 9.47 Å². The minimum absolute atomic E-state index is 0.0384. The van der Waals surface area contributed by atoms with Crippen molar-refractivity contribution in [2.24, 2.45) is 11.8 Å². The summed E-state index contributed by atoms with van der Waals surface area (Å²) in [6.07, 6.45) is 17.0. The third-order valence-corrected chi connectivity index (χ3v) is 7.17. The smallest absolute Gasteiger partial charge is 0.303 e. The lowest BCUT2D eigenvalue weighted by atomic mass is 9.75. The Morgan fingerprint density at radius 3 is 2.42 bits per heavy atom. The van der Waals surface area contributed by atoms with Crippen LogP contribution in [0.5, 0.6) is 0 Å². The average Bonchev–Trinajstić information content (AvgIpc) is 3.45. The predicted octanol–water partition coefficient (Wildman–Crippen LogP) is 4.01. The van der Waals surface area contributed by atoms with Gasteiger partial charge in [0.1, 0.15) is 6.61 Å². The topological polar surface area (TPSA) is 111 Å². The van der Waals surface area contributed by atoms with E-state index in [9.17, 15) is 19.2 Å². The molecule has 2 heterocycles. The highest BCUT2D eigenvalue weighted by molar-refractivity contribution is 5.84. The first-order valence-corrected chi connectivity index (χ1v) is 13.9. The van der Waals surface area contributed by atoms with Crippen LogP contribution < -0.4 is 10.6 Å². The van der Waals surface area contributed by atoms with Crippen LogP contribution in [0.2, 0.25) is 0 Å². The Morgan fingerprint density at radius 1 is 0.889 bits per heavy atom. The molecule has 2 fully saturated rings. The molecule has 204 valence electrons. The van der Waals surface area contributed by atoms with Crippen LogP contribution in [0.4, 0.5) is 0 Å². The van der Waals surface area contributed by atoms with Gasteiger partial charge >= 0.3 is 5.97 Å². The molecule has 0 radical (unpaired) electrons. The Kier molecular flexibility index (Phi) is 14.4. The van der Waals surface area contributed by atoms with E-state index in [1.165, 1.54) is 6.92 Å². The number of fused-ring (bicyclic) bond motifs is 2. The fourth-order valence-electron chi connectivity index (χ4n) is 5.24. The maximum Gasteiger partial charge on any atom is 0.303 e. The summed E-state index contributed by atoms with van der Waals surface area (Å²) in [7, 11) is 0. The molecule has 36 heavy (non-hydrogen) atoms. The summed E-state index contributed by atoms with van der Waals surface area (Å²) < 4.78 is 10.9. The van der Waals surface area contributed by atoms with Crippen molar-refractivity contribution in [2.75, 3.05) is 19.7 Å². The van der Waals surface area contributed by atoms with Crippen molar-refractivity contribution in [1.29, 1.82) is 0 Å². The van der Waals surface area contributed by atoms with Crippen molar-refractivity contribution in [3.8, 4) is 0 Å². The van der Waals surface area contributed by atoms with E-state index < -0.39 is 5.97 Å². The first kappa shape index (κ1) is 30.0. The zero-order valence-corrected chi connectivity index (χ0v) is 22.2. The molecule has 0 aromatic carbocycles. The molecule has 8 nitrogen and oxygen atoms in total. The minimum atomic E-state index is -0.422. The number of hydrogen-bond donors (Lipinski definition) is 2. The zero-order valence-electron chi connectivity index (χ0n) is 22.2. The van der Waals surface area contributed by atoms with Crippen LogP contribution in [-0.4, -0.2) is 55.5 Å². The second-order valence-corrected chi connectivity index (χ2v) is 10.1. The molecule has 2 bridgehead atoms. The summed E-state index contributed by atoms with van der Waals surface area (Å²) in [5, 5.41) is 5.60. The number of hydrogen-bond acceptors (Lipinski definition) is 6. The van der Waals surface area contributed by atoms with Crippen molar-refractivity contribution in [3.05, 3.63) is 12.2 Å². The van der Waals surface area contributed by atoms with E-state index in [1.807, 2.05) is 0 Å². The van der Waals surface area contributed by atoms with E-state index in [-0.39, 0.29) is 30.7 Å². The van der Waals surface area contributed by atoms with Gasteiger partial charge in [0.05, 0.1) is 18.8 Å². The average molecular weight is 507 g/mol. The molecule has 0 aromatic heterocycles. The summed E-state index contributed by atoms with van der Waals surface area (Å²) in [6, 6.07) is 0. The third-order valence-electron chi connectivity index (χ3n) is 7.17. The fraction of sp³-hybridized carbons (Fsp3) is 0.786. The number of ether oxygens (including phenoxy) is 2. The van der Waals surface area contributed by atoms with Crippen LogP contribution in [0.15, 0.2) is 12.2 Å². The molecule has 2 saturated heterocycles. The van der Waals surface area contributed by atoms with E-state index in [2.05, 4.69) is 29.7 Å². The zero-order chi connectivity index (χ0) is 26.2. The van der Waals surface area contributed by atoms with Gasteiger partial charge in [0.2, 0.25) is 11.8 Å². The van der Waals surface area contributed by atoms with E-state index in [1.54, 1.807) is 0 Å². The molecule has 0 unspecified atom stereocenters. The van der Waals surface area contributed by atoms with Gasteiger partial charge in [-0.2, -0.15) is 0 Å². The molecule has 0 aromatic rings. The molecule has 2 aliphatic heterocycles. The van der Waals surface area contributed by atoms with E-state index in [0.717, 1.165) is 70.6 Å². The van der Waals surface area contributed by atoms with Crippen molar-refractivity contribution >= 4 is 23.6 Å². The second-order valence-electron chi connectivity index (χ2n) is 10.1. The normalized spacial score (nSPS) is 22.6. The van der Waals surface area contributed by atoms with Gasteiger partial charge in [-0.1, -0.05) is 38.3 Å². The molecule has 0 aliphatic carbocycles. The maximum atomic E-state index is 12.0. The number of esters is 1. The Bertz CT molecular complexity index is 738.